The van der Waals surface area contributed by atoms with Crippen molar-refractivity contribution < 1.29 is 19.4 Å². The summed E-state index contributed by atoms with van der Waals surface area (Å²) in [6.07, 6.45) is 0. The number of thiophene rings is 1. The van der Waals surface area contributed by atoms with Crippen LogP contribution in [-0.4, -0.2) is 28.2 Å². The summed E-state index contributed by atoms with van der Waals surface area (Å²) < 4.78 is 5.13. The van der Waals surface area contributed by atoms with Crippen molar-refractivity contribution in [3.63, 3.8) is 0 Å². The first kappa shape index (κ1) is 14.5. The van der Waals surface area contributed by atoms with Gasteiger partial charge >= 0.3 is 11.9 Å². The minimum absolute atomic E-state index is 0.579. The van der Waals surface area contributed by atoms with Crippen molar-refractivity contribution in [2.45, 2.75) is 38.8 Å². The first-order valence-electron chi connectivity index (χ1n) is 5.42. The smallest absolute Gasteiger partial charge is 0.343 e. The van der Waals surface area contributed by atoms with Crippen LogP contribution in [0, 0.1) is 0 Å². The molecular weight excluding hydrogens is 254 g/mol. The molecule has 0 aliphatic rings. The molecule has 5 nitrogen and oxygen atoms in total. The molecule has 0 aromatic carbocycles. The number of aliphatic carboxylic acids is 1. The Bertz CT molecular complexity index is 435. The third-order valence-electron chi connectivity index (χ3n) is 2.15. The van der Waals surface area contributed by atoms with Gasteiger partial charge < -0.3 is 15.2 Å². The number of esters is 1. The molecule has 0 unspecified atom stereocenters. The summed E-state index contributed by atoms with van der Waals surface area (Å²) in [5.41, 5.74) is -1.95. The lowest BCUT2D eigenvalue weighted by Crippen LogP contribution is -2.53. The second-order valence-electron chi connectivity index (χ2n) is 5.07. The number of carbonyl (C=O) groups is 2. The zero-order valence-corrected chi connectivity index (χ0v) is 11.6. The Morgan fingerprint density at radius 1 is 1.33 bits per heavy atom. The van der Waals surface area contributed by atoms with Gasteiger partial charge in [0.05, 0.1) is 0 Å². The summed E-state index contributed by atoms with van der Waals surface area (Å²) in [7, 11) is 0. The molecule has 1 heterocycles. The molecule has 6 heteroatoms. The molecule has 1 rings (SSSR count). The van der Waals surface area contributed by atoms with Gasteiger partial charge in [0.25, 0.3) is 0 Å². The zero-order chi connectivity index (χ0) is 14.0. The van der Waals surface area contributed by atoms with E-state index in [1.165, 1.54) is 18.3 Å². The molecule has 0 aliphatic carbocycles. The monoisotopic (exact) mass is 271 g/mol. The number of carbonyl (C=O) groups excluding carboxylic acids is 1. The van der Waals surface area contributed by atoms with Crippen molar-refractivity contribution in [1.29, 1.82) is 0 Å². The maximum Gasteiger partial charge on any atom is 0.343 e. The molecule has 1 aromatic rings. The molecule has 2 N–H and O–H groups in total. The van der Waals surface area contributed by atoms with E-state index in [0.29, 0.717) is 5.69 Å². The fourth-order valence-electron chi connectivity index (χ4n) is 1.20. The molecule has 0 radical (unpaired) electrons. The van der Waals surface area contributed by atoms with E-state index >= 15 is 0 Å². The molecule has 1 atom stereocenters. The van der Waals surface area contributed by atoms with Gasteiger partial charge in [-0.2, -0.15) is 11.3 Å². The molecule has 0 fully saturated rings. The summed E-state index contributed by atoms with van der Waals surface area (Å²) in [6, 6.07) is 1.70. The molecule has 0 saturated heterocycles. The number of ether oxygens (including phenoxy) is 1. The van der Waals surface area contributed by atoms with Gasteiger partial charge in [0.15, 0.2) is 0 Å². The van der Waals surface area contributed by atoms with Gasteiger partial charge in [-0.3, -0.25) is 0 Å². The highest BCUT2D eigenvalue weighted by atomic mass is 32.1. The summed E-state index contributed by atoms with van der Waals surface area (Å²) >= 11 is 1.41. The van der Waals surface area contributed by atoms with Crippen molar-refractivity contribution in [2.24, 2.45) is 0 Å². The maximum absolute atomic E-state index is 12.0. The number of carboxylic acids is 1. The van der Waals surface area contributed by atoms with Crippen LogP contribution in [0.4, 0.5) is 5.69 Å². The third kappa shape index (κ3) is 3.46. The minimum Gasteiger partial charge on any atom is -0.479 e. The SMILES string of the molecule is CC(C)(C)OC(=O)[C@@](C)(Nc1ccsc1)C(=O)O. The highest BCUT2D eigenvalue weighted by Crippen LogP contribution is 2.22. The van der Waals surface area contributed by atoms with E-state index in [1.54, 1.807) is 37.6 Å². The summed E-state index contributed by atoms with van der Waals surface area (Å²) in [5.74, 6) is -2.09. The molecule has 0 saturated carbocycles. The van der Waals surface area contributed by atoms with Crippen LogP contribution < -0.4 is 5.32 Å². The number of hydrogen-bond donors (Lipinski definition) is 2. The molecule has 0 aliphatic heterocycles. The lowest BCUT2D eigenvalue weighted by Gasteiger charge is -2.29. The topological polar surface area (TPSA) is 75.6 Å². The standard InChI is InChI=1S/C12H17NO4S/c1-11(2,3)17-10(16)12(4,9(14)15)13-8-5-6-18-7-8/h5-7,13H,1-4H3,(H,14,15)/t12-/m0/s1. The van der Waals surface area contributed by atoms with E-state index in [1.807, 2.05) is 0 Å². The molecule has 0 bridgehead atoms. The Labute approximate surface area is 110 Å². The van der Waals surface area contributed by atoms with Crippen LogP contribution in [0.25, 0.3) is 0 Å². The van der Waals surface area contributed by atoms with Crippen molar-refractivity contribution in [1.82, 2.24) is 0 Å². The maximum atomic E-state index is 12.0. The number of rotatable bonds is 4. The summed E-state index contributed by atoms with van der Waals surface area (Å²) in [4.78, 5) is 23.3. The Morgan fingerprint density at radius 2 is 1.94 bits per heavy atom. The lowest BCUT2D eigenvalue weighted by molar-refractivity contribution is -0.166. The van der Waals surface area contributed by atoms with Crippen molar-refractivity contribution in [3.05, 3.63) is 16.8 Å². The van der Waals surface area contributed by atoms with Gasteiger partial charge in [-0.05, 0) is 39.1 Å². The number of hydrogen-bond acceptors (Lipinski definition) is 5. The number of carboxylic acid groups (broad SMARTS) is 1. The summed E-state index contributed by atoms with van der Waals surface area (Å²) in [5, 5.41) is 15.5. The molecular formula is C12H17NO4S. The normalized spacial score (nSPS) is 14.7. The van der Waals surface area contributed by atoms with Gasteiger partial charge in [-0.1, -0.05) is 0 Å². The van der Waals surface area contributed by atoms with E-state index in [0.717, 1.165) is 0 Å². The fourth-order valence-corrected chi connectivity index (χ4v) is 1.78. The number of anilines is 1. The highest BCUT2D eigenvalue weighted by molar-refractivity contribution is 7.08. The van der Waals surface area contributed by atoms with Gasteiger partial charge in [-0.15, -0.1) is 0 Å². The first-order chi connectivity index (χ1) is 8.15. The quantitative estimate of drug-likeness (QED) is 0.649. The lowest BCUT2D eigenvalue weighted by atomic mass is 10.0. The summed E-state index contributed by atoms with van der Waals surface area (Å²) in [6.45, 7) is 6.37. The van der Waals surface area contributed by atoms with E-state index in [4.69, 9.17) is 4.74 Å². The minimum atomic E-state index is -1.80. The predicted octanol–water partition coefficient (Wildman–Crippen LogP) is 2.34. The molecule has 0 amide bonds. The van der Waals surface area contributed by atoms with Crippen LogP contribution in [-0.2, 0) is 14.3 Å². The second-order valence-corrected chi connectivity index (χ2v) is 5.85. The zero-order valence-electron chi connectivity index (χ0n) is 10.8. The second kappa shape index (κ2) is 4.97. The Kier molecular flexibility index (Phi) is 4.01. The van der Waals surface area contributed by atoms with Crippen LogP contribution in [0.3, 0.4) is 0 Å². The van der Waals surface area contributed by atoms with E-state index < -0.39 is 23.1 Å². The van der Waals surface area contributed by atoms with Crippen molar-refractivity contribution in [2.75, 3.05) is 5.32 Å². The Balaban J connectivity index is 2.93. The molecule has 18 heavy (non-hydrogen) atoms. The molecule has 100 valence electrons. The van der Waals surface area contributed by atoms with Crippen molar-refractivity contribution >= 4 is 29.0 Å². The molecule has 0 spiro atoms. The van der Waals surface area contributed by atoms with Crippen LogP contribution in [0.2, 0.25) is 0 Å². The highest BCUT2D eigenvalue weighted by Gasteiger charge is 2.44. The van der Waals surface area contributed by atoms with Crippen LogP contribution in [0.1, 0.15) is 27.7 Å². The predicted molar refractivity (Wildman–Crippen MR) is 69.8 cm³/mol. The first-order valence-corrected chi connectivity index (χ1v) is 6.37. The van der Waals surface area contributed by atoms with Gasteiger partial charge in [0.1, 0.15) is 5.60 Å². The third-order valence-corrected chi connectivity index (χ3v) is 2.83. The van der Waals surface area contributed by atoms with Gasteiger partial charge in [-0.25, -0.2) is 9.59 Å². The Morgan fingerprint density at radius 3 is 2.33 bits per heavy atom. The average molecular weight is 271 g/mol. The van der Waals surface area contributed by atoms with E-state index in [9.17, 15) is 14.7 Å². The van der Waals surface area contributed by atoms with Crippen molar-refractivity contribution in [3.8, 4) is 0 Å². The van der Waals surface area contributed by atoms with Gasteiger partial charge in [0.2, 0.25) is 5.54 Å². The number of nitrogens with one attached hydrogen (secondary N) is 1. The van der Waals surface area contributed by atoms with Crippen LogP contribution in [0.15, 0.2) is 16.8 Å². The Hall–Kier alpha value is -1.56. The van der Waals surface area contributed by atoms with Crippen LogP contribution in [0.5, 0.6) is 0 Å². The van der Waals surface area contributed by atoms with E-state index in [2.05, 4.69) is 5.32 Å². The van der Waals surface area contributed by atoms with Gasteiger partial charge in [0, 0.05) is 11.1 Å². The van der Waals surface area contributed by atoms with Crippen LogP contribution >= 0.6 is 11.3 Å². The van der Waals surface area contributed by atoms with E-state index in [-0.39, 0.29) is 0 Å². The largest absolute Gasteiger partial charge is 0.479 e. The fraction of sp³-hybridized carbons (Fsp3) is 0.500. The molecule has 1 aromatic heterocycles. The average Bonchev–Trinajstić information content (AvgIpc) is 2.66.